The van der Waals surface area contributed by atoms with Crippen molar-refractivity contribution in [2.45, 2.75) is 0 Å². The summed E-state index contributed by atoms with van der Waals surface area (Å²) in [7, 11) is 0. The van der Waals surface area contributed by atoms with Gasteiger partial charge in [0.1, 0.15) is 0 Å². The molecule has 10 aromatic rings. The summed E-state index contributed by atoms with van der Waals surface area (Å²) >= 11 is 3.79. The first-order valence-corrected chi connectivity index (χ1v) is 17.6. The summed E-state index contributed by atoms with van der Waals surface area (Å²) in [6.07, 6.45) is 0. The first-order chi connectivity index (χ1) is 23.3. The molecule has 47 heavy (non-hydrogen) atoms. The summed E-state index contributed by atoms with van der Waals surface area (Å²) < 4.78 is 7.78. The van der Waals surface area contributed by atoms with Crippen LogP contribution in [0, 0.1) is 0 Å². The number of rotatable bonds is 4. The molecule has 3 aromatic heterocycles. The number of hydrogen-bond donors (Lipinski definition) is 0. The van der Waals surface area contributed by atoms with Gasteiger partial charge in [-0.05, 0) is 63.7 Å². The van der Waals surface area contributed by atoms with E-state index in [1.165, 1.54) is 90.4 Å². The highest BCUT2D eigenvalue weighted by atomic mass is 32.1. The van der Waals surface area contributed by atoms with Crippen LogP contribution in [-0.2, 0) is 0 Å². The Hall–Kier alpha value is -5.48. The molecule has 0 amide bonds. The molecule has 7 aromatic carbocycles. The molecule has 1 nitrogen and oxygen atoms in total. The van der Waals surface area contributed by atoms with E-state index in [4.69, 9.17) is 0 Å². The number of benzene rings is 7. The molecule has 0 saturated heterocycles. The van der Waals surface area contributed by atoms with Gasteiger partial charge in [-0.2, -0.15) is 0 Å². The van der Waals surface area contributed by atoms with Gasteiger partial charge in [0.15, 0.2) is 0 Å². The van der Waals surface area contributed by atoms with Crippen LogP contribution in [-0.4, -0.2) is 4.57 Å². The smallest absolute Gasteiger partial charge is 0.0734 e. The zero-order chi connectivity index (χ0) is 30.9. The molecule has 0 spiro atoms. The van der Waals surface area contributed by atoms with Crippen molar-refractivity contribution in [3.05, 3.63) is 164 Å². The van der Waals surface area contributed by atoms with E-state index >= 15 is 0 Å². The Morgan fingerprint density at radius 1 is 0.362 bits per heavy atom. The second-order valence-corrected chi connectivity index (χ2v) is 14.2. The fourth-order valence-electron chi connectivity index (χ4n) is 7.36. The second-order valence-electron chi connectivity index (χ2n) is 12.1. The van der Waals surface area contributed by atoms with Crippen LogP contribution in [0.5, 0.6) is 0 Å². The molecule has 0 bridgehead atoms. The van der Waals surface area contributed by atoms with Gasteiger partial charge < -0.3 is 4.57 Å². The normalized spacial score (nSPS) is 11.8. The highest BCUT2D eigenvalue weighted by Crippen LogP contribution is 2.47. The largest absolute Gasteiger partial charge is 0.308 e. The van der Waals surface area contributed by atoms with Gasteiger partial charge >= 0.3 is 0 Å². The number of para-hydroxylation sites is 2. The maximum atomic E-state index is 2.45. The molecule has 0 fully saturated rings. The zero-order valence-corrected chi connectivity index (χ0v) is 27.0. The summed E-state index contributed by atoms with van der Waals surface area (Å²) in [4.78, 5) is 0. The van der Waals surface area contributed by atoms with Gasteiger partial charge in [-0.3, -0.25) is 0 Å². The molecule has 0 aliphatic rings. The quantitative estimate of drug-likeness (QED) is 0.182. The van der Waals surface area contributed by atoms with E-state index in [0.717, 1.165) is 0 Å². The predicted molar refractivity (Wildman–Crippen MR) is 205 cm³/mol. The van der Waals surface area contributed by atoms with Crippen molar-refractivity contribution >= 4 is 74.1 Å². The summed E-state index contributed by atoms with van der Waals surface area (Å²) in [6, 6.07) is 59.8. The van der Waals surface area contributed by atoms with Crippen molar-refractivity contribution in [3.63, 3.8) is 0 Å². The number of fused-ring (bicyclic) bond motifs is 8. The first-order valence-electron chi connectivity index (χ1n) is 15.9. The Morgan fingerprint density at radius 3 is 1.64 bits per heavy atom. The summed E-state index contributed by atoms with van der Waals surface area (Å²) in [5.74, 6) is 0. The lowest BCUT2D eigenvalue weighted by Gasteiger charge is -2.11. The van der Waals surface area contributed by atoms with Crippen LogP contribution in [0.1, 0.15) is 0 Å². The lowest BCUT2D eigenvalue weighted by atomic mass is 9.95. The van der Waals surface area contributed by atoms with E-state index in [9.17, 15) is 0 Å². The Bertz CT molecular complexity index is 2760. The number of hydrogen-bond acceptors (Lipinski definition) is 2. The average Bonchev–Trinajstić information content (AvgIpc) is 3.81. The van der Waals surface area contributed by atoms with E-state index in [2.05, 4.69) is 168 Å². The van der Waals surface area contributed by atoms with Crippen LogP contribution >= 0.6 is 22.7 Å². The van der Waals surface area contributed by atoms with Gasteiger partial charge in [0.05, 0.1) is 15.7 Å². The molecule has 0 unspecified atom stereocenters. The van der Waals surface area contributed by atoms with Crippen molar-refractivity contribution in [2.24, 2.45) is 0 Å². The van der Waals surface area contributed by atoms with Gasteiger partial charge in [-0.25, -0.2) is 0 Å². The molecule has 0 saturated carbocycles. The number of thiophene rings is 2. The predicted octanol–water partition coefficient (Wildman–Crippen LogP) is 13.4. The summed E-state index contributed by atoms with van der Waals surface area (Å²) in [5.41, 5.74) is 11.3. The average molecular weight is 634 g/mol. The molecule has 0 N–H and O–H groups in total. The van der Waals surface area contributed by atoms with E-state index in [1.807, 2.05) is 22.7 Å². The molecular weight excluding hydrogens is 607 g/mol. The molecule has 3 heteroatoms. The maximum absolute atomic E-state index is 2.45. The molecule has 10 rings (SSSR count). The second kappa shape index (κ2) is 10.5. The third-order valence-electron chi connectivity index (χ3n) is 9.43. The van der Waals surface area contributed by atoms with Crippen molar-refractivity contribution in [1.29, 1.82) is 0 Å². The number of nitrogens with zero attached hydrogens (tertiary/aromatic N) is 1. The van der Waals surface area contributed by atoms with Gasteiger partial charge in [0.2, 0.25) is 0 Å². The minimum Gasteiger partial charge on any atom is -0.308 e. The fourth-order valence-corrected chi connectivity index (χ4v) is 9.87. The van der Waals surface area contributed by atoms with Gasteiger partial charge in [0, 0.05) is 41.3 Å². The molecule has 3 heterocycles. The van der Waals surface area contributed by atoms with Crippen LogP contribution in [0.4, 0.5) is 0 Å². The van der Waals surface area contributed by atoms with E-state index in [0.29, 0.717) is 0 Å². The Labute approximate surface area is 280 Å². The van der Waals surface area contributed by atoms with Crippen molar-refractivity contribution in [2.75, 3.05) is 0 Å². The Balaban J connectivity index is 1.15. The lowest BCUT2D eigenvalue weighted by molar-refractivity contribution is 1.19. The van der Waals surface area contributed by atoms with Gasteiger partial charge in [-0.15, -0.1) is 22.7 Å². The Morgan fingerprint density at radius 2 is 0.894 bits per heavy atom. The molecular formula is C44H27NS2. The third-order valence-corrected chi connectivity index (χ3v) is 11.8. The first kappa shape index (κ1) is 26.7. The van der Waals surface area contributed by atoms with Crippen molar-refractivity contribution in [3.8, 4) is 39.1 Å². The molecule has 220 valence electrons. The van der Waals surface area contributed by atoms with Crippen molar-refractivity contribution < 1.29 is 0 Å². The van der Waals surface area contributed by atoms with E-state index in [1.54, 1.807) is 0 Å². The summed E-state index contributed by atoms with van der Waals surface area (Å²) in [6.45, 7) is 0. The topological polar surface area (TPSA) is 4.93 Å². The Kier molecular flexibility index (Phi) is 5.98. The van der Waals surface area contributed by atoms with Crippen LogP contribution in [0.15, 0.2) is 164 Å². The lowest BCUT2D eigenvalue weighted by Crippen LogP contribution is -1.93. The SMILES string of the molecule is c1ccc(-c2cccc3c2sc2cccc(-c4ccc(-c5cccc6sc7c8ccccc8n(-c8ccccc8)c7c56)cc4)c23)cc1. The maximum Gasteiger partial charge on any atom is 0.0734 e. The van der Waals surface area contributed by atoms with E-state index in [-0.39, 0.29) is 0 Å². The van der Waals surface area contributed by atoms with Gasteiger partial charge in [-0.1, -0.05) is 133 Å². The van der Waals surface area contributed by atoms with Crippen LogP contribution in [0.2, 0.25) is 0 Å². The number of aromatic nitrogens is 1. The third kappa shape index (κ3) is 4.07. The van der Waals surface area contributed by atoms with Crippen LogP contribution in [0.3, 0.4) is 0 Å². The van der Waals surface area contributed by atoms with Crippen molar-refractivity contribution in [1.82, 2.24) is 4.57 Å². The van der Waals surface area contributed by atoms with Gasteiger partial charge in [0.25, 0.3) is 0 Å². The molecule has 0 aliphatic carbocycles. The highest BCUT2D eigenvalue weighted by Gasteiger charge is 2.20. The fraction of sp³-hybridized carbons (Fsp3) is 0. The minimum atomic E-state index is 1.19. The zero-order valence-electron chi connectivity index (χ0n) is 25.4. The molecule has 0 aliphatic heterocycles. The summed E-state index contributed by atoms with van der Waals surface area (Å²) in [5, 5.41) is 5.29. The molecule has 0 radical (unpaired) electrons. The molecule has 0 atom stereocenters. The standard InChI is InChI=1S/C44H27NS2/c1-3-12-28(13-4-1)34-19-9-20-36-40-32(17-10-22-38(40)46-43(34)36)29-24-26-30(27-25-29)33-18-11-23-39-41(33)42-44(47-39)35-16-7-8-21-37(35)45(42)31-14-5-2-6-15-31/h1-27H. The minimum absolute atomic E-state index is 1.19. The van der Waals surface area contributed by atoms with E-state index < -0.39 is 0 Å². The highest BCUT2D eigenvalue weighted by molar-refractivity contribution is 7.27. The van der Waals surface area contributed by atoms with Crippen LogP contribution in [0.25, 0.3) is 90.4 Å². The monoisotopic (exact) mass is 633 g/mol. The van der Waals surface area contributed by atoms with Crippen LogP contribution < -0.4 is 0 Å².